The van der Waals surface area contributed by atoms with Crippen molar-refractivity contribution in [2.75, 3.05) is 18.8 Å². The van der Waals surface area contributed by atoms with Crippen molar-refractivity contribution in [3.63, 3.8) is 0 Å². The van der Waals surface area contributed by atoms with Gasteiger partial charge in [-0.05, 0) is 50.7 Å². The Morgan fingerprint density at radius 3 is 2.48 bits per heavy atom. The van der Waals surface area contributed by atoms with E-state index in [0.29, 0.717) is 23.4 Å². The molecule has 0 radical (unpaired) electrons. The van der Waals surface area contributed by atoms with Gasteiger partial charge in [-0.3, -0.25) is 9.59 Å². The van der Waals surface area contributed by atoms with E-state index in [9.17, 15) is 9.59 Å². The highest BCUT2D eigenvalue weighted by Crippen LogP contribution is 2.28. The largest absolute Gasteiger partial charge is 0.349 e. The normalized spacial score (nSPS) is 26.5. The van der Waals surface area contributed by atoms with E-state index in [-0.39, 0.29) is 30.3 Å². The predicted octanol–water partition coefficient (Wildman–Crippen LogP) is 2.84. The van der Waals surface area contributed by atoms with Crippen LogP contribution in [0.2, 0.25) is 0 Å². The molecular formula is C20H28ClN3O2S. The number of thioether (sulfide) groups is 1. The fourth-order valence-electron chi connectivity index (χ4n) is 4.42. The summed E-state index contributed by atoms with van der Waals surface area (Å²) in [7, 11) is 0. The molecule has 1 aromatic rings. The maximum absolute atomic E-state index is 12.8. The Morgan fingerprint density at radius 2 is 1.78 bits per heavy atom. The van der Waals surface area contributed by atoms with Crippen LogP contribution in [-0.2, 0) is 4.79 Å². The van der Waals surface area contributed by atoms with Crippen LogP contribution in [-0.4, -0.2) is 53.7 Å². The van der Waals surface area contributed by atoms with Crippen LogP contribution in [0.25, 0.3) is 0 Å². The molecule has 2 bridgehead atoms. The molecule has 3 heterocycles. The SMILES string of the molecule is Cl.O=C(NC1CC2CCC(C1)N2)c1ccccc1SCC(=O)N1CCCC1. The lowest BCUT2D eigenvalue weighted by Crippen LogP contribution is -2.48. The Hall–Kier alpha value is -1.24. The van der Waals surface area contributed by atoms with Crippen molar-refractivity contribution in [2.45, 2.75) is 61.5 Å². The second kappa shape index (κ2) is 9.30. The molecule has 3 saturated heterocycles. The molecule has 27 heavy (non-hydrogen) atoms. The van der Waals surface area contributed by atoms with Crippen molar-refractivity contribution in [3.8, 4) is 0 Å². The lowest BCUT2D eigenvalue weighted by Gasteiger charge is -2.29. The second-order valence-corrected chi connectivity index (χ2v) is 8.67. The summed E-state index contributed by atoms with van der Waals surface area (Å²) < 4.78 is 0. The van der Waals surface area contributed by atoms with Crippen LogP contribution in [0.5, 0.6) is 0 Å². The van der Waals surface area contributed by atoms with Crippen LogP contribution in [0.3, 0.4) is 0 Å². The number of amides is 2. The molecule has 0 saturated carbocycles. The van der Waals surface area contributed by atoms with Gasteiger partial charge in [0.25, 0.3) is 5.91 Å². The van der Waals surface area contributed by atoms with Gasteiger partial charge >= 0.3 is 0 Å². The average Bonchev–Trinajstić information content (AvgIpc) is 3.30. The monoisotopic (exact) mass is 409 g/mol. The molecule has 4 rings (SSSR count). The van der Waals surface area contributed by atoms with Crippen LogP contribution in [0.4, 0.5) is 0 Å². The summed E-state index contributed by atoms with van der Waals surface area (Å²) >= 11 is 1.48. The number of carbonyl (C=O) groups excluding carboxylic acids is 2. The molecule has 0 aromatic heterocycles. The molecule has 2 unspecified atom stereocenters. The van der Waals surface area contributed by atoms with Gasteiger partial charge in [0.1, 0.15) is 0 Å². The van der Waals surface area contributed by atoms with Gasteiger partial charge in [0, 0.05) is 36.1 Å². The third-order valence-corrected chi connectivity index (χ3v) is 6.81. The molecule has 2 amide bonds. The average molecular weight is 410 g/mol. The molecule has 148 valence electrons. The van der Waals surface area contributed by atoms with Gasteiger partial charge in [-0.15, -0.1) is 24.2 Å². The van der Waals surface area contributed by atoms with Crippen molar-refractivity contribution in [1.29, 1.82) is 0 Å². The number of hydrogen-bond donors (Lipinski definition) is 2. The molecule has 2 atom stereocenters. The van der Waals surface area contributed by atoms with Crippen LogP contribution in [0.1, 0.15) is 48.9 Å². The molecule has 1 aromatic carbocycles. The maximum Gasteiger partial charge on any atom is 0.252 e. The van der Waals surface area contributed by atoms with Crippen LogP contribution in [0, 0.1) is 0 Å². The first-order valence-corrected chi connectivity index (χ1v) is 10.7. The van der Waals surface area contributed by atoms with Gasteiger partial charge < -0.3 is 15.5 Å². The van der Waals surface area contributed by atoms with Crippen molar-refractivity contribution in [3.05, 3.63) is 29.8 Å². The fourth-order valence-corrected chi connectivity index (χ4v) is 5.37. The van der Waals surface area contributed by atoms with Gasteiger partial charge in [-0.2, -0.15) is 0 Å². The van der Waals surface area contributed by atoms with Gasteiger partial charge in [-0.1, -0.05) is 12.1 Å². The van der Waals surface area contributed by atoms with Crippen molar-refractivity contribution in [1.82, 2.24) is 15.5 Å². The number of nitrogens with zero attached hydrogens (tertiary/aromatic N) is 1. The van der Waals surface area contributed by atoms with E-state index in [1.54, 1.807) is 0 Å². The van der Waals surface area contributed by atoms with Crippen molar-refractivity contribution < 1.29 is 9.59 Å². The summed E-state index contributed by atoms with van der Waals surface area (Å²) in [4.78, 5) is 28.0. The summed E-state index contributed by atoms with van der Waals surface area (Å²) in [6, 6.07) is 9.02. The number of rotatable bonds is 5. The minimum absolute atomic E-state index is 0. The van der Waals surface area contributed by atoms with Crippen molar-refractivity contribution in [2.24, 2.45) is 0 Å². The number of fused-ring (bicyclic) bond motifs is 2. The number of hydrogen-bond acceptors (Lipinski definition) is 4. The predicted molar refractivity (Wildman–Crippen MR) is 111 cm³/mol. The highest BCUT2D eigenvalue weighted by molar-refractivity contribution is 8.00. The first-order valence-electron chi connectivity index (χ1n) is 9.75. The Bertz CT molecular complexity index is 669. The number of carbonyl (C=O) groups is 2. The second-order valence-electron chi connectivity index (χ2n) is 7.65. The van der Waals surface area contributed by atoms with Gasteiger partial charge in [-0.25, -0.2) is 0 Å². The third-order valence-electron chi connectivity index (χ3n) is 5.75. The molecular weight excluding hydrogens is 382 g/mol. The Labute approximate surface area is 171 Å². The topological polar surface area (TPSA) is 61.4 Å². The zero-order valence-electron chi connectivity index (χ0n) is 15.5. The molecule has 3 aliphatic rings. The molecule has 3 fully saturated rings. The number of halogens is 1. The van der Waals surface area contributed by atoms with Gasteiger partial charge in [0.05, 0.1) is 11.3 Å². The number of benzene rings is 1. The quantitative estimate of drug-likeness (QED) is 0.734. The molecule has 0 spiro atoms. The van der Waals surface area contributed by atoms with Gasteiger partial charge in [0.2, 0.25) is 5.91 Å². The number of nitrogens with one attached hydrogen (secondary N) is 2. The molecule has 7 heteroatoms. The first-order chi connectivity index (χ1) is 12.7. The third kappa shape index (κ3) is 4.98. The summed E-state index contributed by atoms with van der Waals surface area (Å²) in [6.07, 6.45) is 6.70. The van der Waals surface area contributed by atoms with Crippen molar-refractivity contribution >= 4 is 36.0 Å². The number of piperidine rings is 1. The van der Waals surface area contributed by atoms with Crippen LogP contribution in [0.15, 0.2) is 29.2 Å². The van der Waals surface area contributed by atoms with Crippen LogP contribution < -0.4 is 10.6 Å². The van der Waals surface area contributed by atoms with E-state index < -0.39 is 0 Å². The van der Waals surface area contributed by atoms with Gasteiger partial charge in [0.15, 0.2) is 0 Å². The lowest BCUT2D eigenvalue weighted by molar-refractivity contribution is -0.127. The molecule has 0 aliphatic carbocycles. The van der Waals surface area contributed by atoms with E-state index >= 15 is 0 Å². The Balaban J connectivity index is 0.00000210. The molecule has 2 N–H and O–H groups in total. The Kier molecular flexibility index (Phi) is 7.06. The first kappa shape index (κ1) is 20.5. The van der Waals surface area contributed by atoms with E-state index in [0.717, 1.165) is 43.7 Å². The minimum Gasteiger partial charge on any atom is -0.349 e. The minimum atomic E-state index is -0.00646. The number of likely N-dealkylation sites (tertiary alicyclic amines) is 1. The summed E-state index contributed by atoms with van der Waals surface area (Å²) in [5.41, 5.74) is 0.692. The summed E-state index contributed by atoms with van der Waals surface area (Å²) in [6.45, 7) is 1.75. The van der Waals surface area contributed by atoms with E-state index in [4.69, 9.17) is 0 Å². The lowest BCUT2D eigenvalue weighted by atomic mass is 9.99. The summed E-state index contributed by atoms with van der Waals surface area (Å²) in [5.74, 6) is 0.576. The van der Waals surface area contributed by atoms with E-state index in [1.165, 1.54) is 24.6 Å². The highest BCUT2D eigenvalue weighted by atomic mass is 35.5. The standard InChI is InChI=1S/C20H27N3O2S.ClH/c24-19(23-9-3-4-10-23)13-26-18-6-2-1-5-17(18)20(25)22-16-11-14-7-8-15(12-16)21-14;/h1-2,5-6,14-16,21H,3-4,7-13H2,(H,22,25);1H. The van der Waals surface area contributed by atoms with E-state index in [2.05, 4.69) is 10.6 Å². The molecule has 3 aliphatic heterocycles. The fraction of sp³-hybridized carbons (Fsp3) is 0.600. The molecule has 5 nitrogen and oxygen atoms in total. The summed E-state index contributed by atoms with van der Waals surface area (Å²) in [5, 5.41) is 6.84. The smallest absolute Gasteiger partial charge is 0.252 e. The van der Waals surface area contributed by atoms with E-state index in [1.807, 2.05) is 29.2 Å². The van der Waals surface area contributed by atoms with Crippen LogP contribution >= 0.6 is 24.2 Å². The maximum atomic E-state index is 12.8. The Morgan fingerprint density at radius 1 is 1.11 bits per heavy atom. The zero-order valence-corrected chi connectivity index (χ0v) is 17.1. The highest BCUT2D eigenvalue weighted by Gasteiger charge is 2.34. The zero-order chi connectivity index (χ0) is 17.9.